The molecule has 1 aliphatic rings. The second-order valence-corrected chi connectivity index (χ2v) is 10.7. The summed E-state index contributed by atoms with van der Waals surface area (Å²) in [6, 6.07) is 20.9. The van der Waals surface area contributed by atoms with Gasteiger partial charge in [0.05, 0.1) is 5.52 Å². The number of benzene rings is 2. The maximum absolute atomic E-state index is 4.93. The Morgan fingerprint density at radius 2 is 1.71 bits per heavy atom. The third-order valence-electron chi connectivity index (χ3n) is 4.35. The Morgan fingerprint density at radius 3 is 2.29 bits per heavy atom. The van der Waals surface area contributed by atoms with Crippen molar-refractivity contribution in [1.29, 1.82) is 0 Å². The van der Waals surface area contributed by atoms with E-state index in [1.165, 1.54) is 16.2 Å². The molecule has 0 fully saturated rings. The predicted molar refractivity (Wildman–Crippen MR) is 117 cm³/mol. The fourth-order valence-corrected chi connectivity index (χ4v) is 2.96. The molecule has 5 rings (SSSR count). The van der Waals surface area contributed by atoms with Crippen LogP contribution >= 0.6 is 17.0 Å². The summed E-state index contributed by atoms with van der Waals surface area (Å²) in [6.07, 6.45) is 11.4. The fourth-order valence-electron chi connectivity index (χ4n) is 2.96. The normalized spacial score (nSPS) is 13.6. The van der Waals surface area contributed by atoms with Crippen molar-refractivity contribution in [2.75, 3.05) is 0 Å². The van der Waals surface area contributed by atoms with Crippen molar-refractivity contribution < 1.29 is 20.8 Å². The smallest absolute Gasteiger partial charge is 0.0927 e. The molecule has 0 N–H and O–H groups in total. The van der Waals surface area contributed by atoms with E-state index in [2.05, 4.69) is 79.8 Å². The Balaban J connectivity index is 0.000000188. The number of nitrogens with zero attached hydrogens (tertiary/aromatic N) is 2. The Labute approximate surface area is 184 Å². The van der Waals surface area contributed by atoms with Gasteiger partial charge in [0.15, 0.2) is 0 Å². The number of fused-ring (bicyclic) bond motifs is 2. The van der Waals surface area contributed by atoms with Crippen LogP contribution in [0.3, 0.4) is 0 Å². The maximum Gasteiger partial charge on any atom is 0.0927 e. The second-order valence-electron chi connectivity index (χ2n) is 6.94. The summed E-state index contributed by atoms with van der Waals surface area (Å²) in [7, 11) is 9.87. The zero-order chi connectivity index (χ0) is 20.0. The monoisotopic (exact) mass is 484 g/mol. The molecular formula is C23H20Cl2N2Zr. The molecule has 0 radical (unpaired) electrons. The van der Waals surface area contributed by atoms with E-state index in [-0.39, 0.29) is 5.41 Å². The quantitative estimate of drug-likeness (QED) is 0.260. The molecule has 0 atom stereocenters. The Hall–Kier alpha value is -1.54. The summed E-state index contributed by atoms with van der Waals surface area (Å²) in [4.78, 5) is 0. The van der Waals surface area contributed by atoms with Gasteiger partial charge in [0.1, 0.15) is 0 Å². The molecule has 140 valence electrons. The third kappa shape index (κ3) is 5.50. The van der Waals surface area contributed by atoms with Crippen LogP contribution in [0.25, 0.3) is 27.4 Å². The first kappa shape index (κ1) is 21.2. The first-order valence-electron chi connectivity index (χ1n) is 8.88. The van der Waals surface area contributed by atoms with Crippen molar-refractivity contribution in [3.63, 3.8) is 0 Å². The summed E-state index contributed by atoms with van der Waals surface area (Å²) in [5, 5.41) is 8.28. The van der Waals surface area contributed by atoms with Crippen LogP contribution in [0.1, 0.15) is 13.8 Å². The van der Waals surface area contributed by atoms with Crippen LogP contribution in [0, 0.1) is 11.5 Å². The Kier molecular flexibility index (Phi) is 7.40. The van der Waals surface area contributed by atoms with Crippen molar-refractivity contribution in [1.82, 2.24) is 9.78 Å². The van der Waals surface area contributed by atoms with Crippen LogP contribution in [-0.4, -0.2) is 9.78 Å². The molecule has 0 saturated heterocycles. The summed E-state index contributed by atoms with van der Waals surface area (Å²) < 4.78 is 1.95. The number of aromatic nitrogens is 2. The van der Waals surface area contributed by atoms with Gasteiger partial charge in [-0.25, -0.2) is 12.2 Å². The van der Waals surface area contributed by atoms with Gasteiger partial charge in [0.25, 0.3) is 0 Å². The topological polar surface area (TPSA) is 17.8 Å². The SMILES string of the molecule is CC1(C)[C-]=CC=C1.[Cl][Zr+2][Cl].c1ccc2[cH-]c(-n3cc4ccccc4n3)cc2c1. The average molecular weight is 487 g/mol. The van der Waals surface area contributed by atoms with Gasteiger partial charge in [-0.1, -0.05) is 43.5 Å². The third-order valence-corrected chi connectivity index (χ3v) is 4.35. The molecule has 28 heavy (non-hydrogen) atoms. The molecule has 2 nitrogen and oxygen atoms in total. The van der Waals surface area contributed by atoms with E-state index in [9.17, 15) is 0 Å². The van der Waals surface area contributed by atoms with Gasteiger partial charge in [0.2, 0.25) is 0 Å². The standard InChI is InChI=1S/C16H11N2.C7H9.2ClH.Zr/c1-2-6-13-10-15(9-12(13)5-1)18-11-14-7-3-4-8-16(14)17-18;1-7(2)5-3-4-6-7;;;/h1-11H;3-5H,1-2H3;2*1H;/q2*-1;;;+4/p-2. The minimum absolute atomic E-state index is 0.208. The van der Waals surface area contributed by atoms with Crippen molar-refractivity contribution in [3.05, 3.63) is 91.2 Å². The molecular weight excluding hydrogens is 466 g/mol. The molecule has 1 aromatic heterocycles. The van der Waals surface area contributed by atoms with E-state index >= 15 is 0 Å². The van der Waals surface area contributed by atoms with Gasteiger partial charge >= 0.3 is 37.9 Å². The summed E-state index contributed by atoms with van der Waals surface area (Å²) in [5.41, 5.74) is 2.36. The maximum atomic E-state index is 4.93. The van der Waals surface area contributed by atoms with Crippen LogP contribution in [0.4, 0.5) is 0 Å². The van der Waals surface area contributed by atoms with Crippen molar-refractivity contribution in [3.8, 4) is 5.69 Å². The zero-order valence-corrected chi connectivity index (χ0v) is 19.7. The van der Waals surface area contributed by atoms with Crippen LogP contribution in [0.5, 0.6) is 0 Å². The molecule has 0 saturated carbocycles. The number of allylic oxidation sites excluding steroid dienone is 4. The zero-order valence-electron chi connectivity index (χ0n) is 15.7. The predicted octanol–water partition coefficient (Wildman–Crippen LogP) is 7.22. The van der Waals surface area contributed by atoms with Gasteiger partial charge in [-0.15, -0.1) is 41.1 Å². The number of hydrogen-bond acceptors (Lipinski definition) is 1. The van der Waals surface area contributed by atoms with Gasteiger partial charge in [-0.05, 0) is 11.8 Å². The van der Waals surface area contributed by atoms with Gasteiger partial charge in [-0.2, -0.15) is 11.2 Å². The van der Waals surface area contributed by atoms with Crippen LogP contribution in [0.15, 0.2) is 85.1 Å². The van der Waals surface area contributed by atoms with Crippen LogP contribution in [-0.2, 0) is 20.8 Å². The molecule has 5 heteroatoms. The van der Waals surface area contributed by atoms with Gasteiger partial charge in [-0.3, -0.25) is 10.8 Å². The molecule has 4 aromatic rings. The first-order valence-corrected chi connectivity index (χ1v) is 15.2. The molecule has 1 aliphatic carbocycles. The molecule has 0 aliphatic heterocycles. The summed E-state index contributed by atoms with van der Waals surface area (Å²) in [6.45, 7) is 4.26. The Morgan fingerprint density at radius 1 is 1.04 bits per heavy atom. The molecule has 1 heterocycles. The van der Waals surface area contributed by atoms with E-state index in [4.69, 9.17) is 17.0 Å². The largest absolute Gasteiger partial charge is 0.259 e. The average Bonchev–Trinajstić information content (AvgIpc) is 3.39. The number of rotatable bonds is 1. The van der Waals surface area contributed by atoms with E-state index in [1.54, 1.807) is 0 Å². The van der Waals surface area contributed by atoms with E-state index in [0.29, 0.717) is 0 Å². The van der Waals surface area contributed by atoms with Crippen molar-refractivity contribution in [2.24, 2.45) is 5.41 Å². The molecule has 0 spiro atoms. The number of halogens is 2. The number of hydrogen-bond donors (Lipinski definition) is 0. The van der Waals surface area contributed by atoms with Gasteiger partial charge in [0, 0.05) is 11.6 Å². The minimum atomic E-state index is -0.826. The summed E-state index contributed by atoms with van der Waals surface area (Å²) >= 11 is -0.826. The molecule has 3 aromatic carbocycles. The minimum Gasteiger partial charge on any atom is -0.259 e. The van der Waals surface area contributed by atoms with Crippen molar-refractivity contribution in [2.45, 2.75) is 13.8 Å². The second kappa shape index (κ2) is 9.78. The Bertz CT molecular complexity index is 954. The van der Waals surface area contributed by atoms with Gasteiger partial charge < -0.3 is 0 Å². The van der Waals surface area contributed by atoms with E-state index in [1.807, 2.05) is 35.0 Å². The molecule has 0 unspecified atom stereocenters. The first-order chi connectivity index (χ1) is 13.5. The van der Waals surface area contributed by atoms with Crippen LogP contribution < -0.4 is 0 Å². The summed E-state index contributed by atoms with van der Waals surface area (Å²) in [5.74, 6) is 0. The van der Waals surface area contributed by atoms with Crippen LogP contribution in [0.2, 0.25) is 0 Å². The molecule has 0 amide bonds. The van der Waals surface area contributed by atoms with E-state index < -0.39 is 20.8 Å². The molecule has 0 bridgehead atoms. The van der Waals surface area contributed by atoms with E-state index in [0.717, 1.165) is 11.2 Å². The fraction of sp³-hybridized carbons (Fsp3) is 0.130. The van der Waals surface area contributed by atoms with Crippen molar-refractivity contribution >= 4 is 38.7 Å².